The number of benzene rings is 1. The average Bonchev–Trinajstić information content (AvgIpc) is 2.42. The van der Waals surface area contributed by atoms with Crippen LogP contribution in [0.2, 0.25) is 0 Å². The van der Waals surface area contributed by atoms with Gasteiger partial charge in [-0.1, -0.05) is 0 Å². The van der Waals surface area contributed by atoms with Crippen molar-refractivity contribution in [3.8, 4) is 0 Å². The highest BCUT2D eigenvalue weighted by atomic mass is 19.1. The lowest BCUT2D eigenvalue weighted by molar-refractivity contribution is -0.142. The molecule has 0 aromatic heterocycles. The topological polar surface area (TPSA) is 119 Å². The SMILES string of the molecule is COC(=O)CCC(NC(=O)c1ccc(N)cc1F)C(=O)O. The number of nitrogens with one attached hydrogen (secondary N) is 1. The number of nitrogen functional groups attached to an aromatic ring is 1. The largest absolute Gasteiger partial charge is 0.480 e. The van der Waals surface area contributed by atoms with Crippen molar-refractivity contribution < 1.29 is 28.6 Å². The molecule has 1 aromatic carbocycles. The smallest absolute Gasteiger partial charge is 0.326 e. The quantitative estimate of drug-likeness (QED) is 0.521. The number of ether oxygens (including phenoxy) is 1. The van der Waals surface area contributed by atoms with Crippen LogP contribution in [0.3, 0.4) is 0 Å². The molecule has 0 bridgehead atoms. The summed E-state index contributed by atoms with van der Waals surface area (Å²) in [6, 6.07) is 2.11. The van der Waals surface area contributed by atoms with Crippen LogP contribution in [0, 0.1) is 5.82 Å². The molecule has 0 aliphatic heterocycles. The molecule has 21 heavy (non-hydrogen) atoms. The minimum Gasteiger partial charge on any atom is -0.480 e. The first-order valence-electron chi connectivity index (χ1n) is 6.00. The first-order chi connectivity index (χ1) is 9.85. The van der Waals surface area contributed by atoms with Gasteiger partial charge in [-0.2, -0.15) is 0 Å². The molecule has 0 aliphatic carbocycles. The van der Waals surface area contributed by atoms with Gasteiger partial charge >= 0.3 is 11.9 Å². The zero-order chi connectivity index (χ0) is 16.0. The highest BCUT2D eigenvalue weighted by Crippen LogP contribution is 2.12. The van der Waals surface area contributed by atoms with Gasteiger partial charge in [-0.25, -0.2) is 9.18 Å². The first kappa shape index (κ1) is 16.4. The molecule has 0 saturated heterocycles. The molecule has 1 unspecified atom stereocenters. The molecule has 7 nitrogen and oxygen atoms in total. The third-order valence-corrected chi connectivity index (χ3v) is 2.71. The van der Waals surface area contributed by atoms with Gasteiger partial charge in [0.25, 0.3) is 5.91 Å². The normalized spacial score (nSPS) is 11.5. The van der Waals surface area contributed by atoms with Gasteiger partial charge in [0.05, 0.1) is 12.7 Å². The maximum Gasteiger partial charge on any atom is 0.326 e. The zero-order valence-electron chi connectivity index (χ0n) is 11.3. The number of methoxy groups -OCH3 is 1. The van der Waals surface area contributed by atoms with Crippen LogP contribution in [-0.2, 0) is 14.3 Å². The molecule has 1 rings (SSSR count). The van der Waals surface area contributed by atoms with E-state index in [1.54, 1.807) is 0 Å². The number of rotatable bonds is 6. The molecule has 0 aliphatic rings. The maximum atomic E-state index is 13.6. The summed E-state index contributed by atoms with van der Waals surface area (Å²) in [6.45, 7) is 0. The van der Waals surface area contributed by atoms with Gasteiger partial charge in [-0.3, -0.25) is 9.59 Å². The van der Waals surface area contributed by atoms with E-state index in [0.717, 1.165) is 12.1 Å². The van der Waals surface area contributed by atoms with Gasteiger partial charge in [0.15, 0.2) is 0 Å². The number of carboxylic acids is 1. The van der Waals surface area contributed by atoms with Gasteiger partial charge in [0, 0.05) is 12.1 Å². The van der Waals surface area contributed by atoms with Crippen LogP contribution in [0.15, 0.2) is 18.2 Å². The number of anilines is 1. The summed E-state index contributed by atoms with van der Waals surface area (Å²) in [5.41, 5.74) is 5.17. The fourth-order valence-corrected chi connectivity index (χ4v) is 1.57. The predicted octanol–water partition coefficient (Wildman–Crippen LogP) is 0.544. The molecule has 4 N–H and O–H groups in total. The van der Waals surface area contributed by atoms with Gasteiger partial charge in [0.1, 0.15) is 11.9 Å². The Morgan fingerprint density at radius 2 is 2.10 bits per heavy atom. The van der Waals surface area contributed by atoms with E-state index in [1.165, 1.54) is 13.2 Å². The van der Waals surface area contributed by atoms with Crippen LogP contribution >= 0.6 is 0 Å². The molecule has 8 heteroatoms. The van der Waals surface area contributed by atoms with Crippen LogP contribution in [0.4, 0.5) is 10.1 Å². The highest BCUT2D eigenvalue weighted by molar-refractivity contribution is 5.97. The number of hydrogen-bond donors (Lipinski definition) is 3. The molecule has 0 radical (unpaired) electrons. The van der Waals surface area contributed by atoms with Crippen LogP contribution < -0.4 is 11.1 Å². The molecule has 0 heterocycles. The van der Waals surface area contributed by atoms with Crippen LogP contribution in [0.1, 0.15) is 23.2 Å². The van der Waals surface area contributed by atoms with Crippen molar-refractivity contribution in [3.63, 3.8) is 0 Å². The Hall–Kier alpha value is -2.64. The Bertz CT molecular complexity index is 561. The van der Waals surface area contributed by atoms with Crippen molar-refractivity contribution in [2.45, 2.75) is 18.9 Å². The third kappa shape index (κ3) is 4.75. The summed E-state index contributed by atoms with van der Waals surface area (Å²) < 4.78 is 17.9. The number of hydrogen-bond acceptors (Lipinski definition) is 5. The lowest BCUT2D eigenvalue weighted by Crippen LogP contribution is -2.41. The van der Waals surface area contributed by atoms with Crippen molar-refractivity contribution in [2.75, 3.05) is 12.8 Å². The van der Waals surface area contributed by atoms with E-state index < -0.39 is 29.7 Å². The fourth-order valence-electron chi connectivity index (χ4n) is 1.57. The lowest BCUT2D eigenvalue weighted by atomic mass is 10.1. The molecule has 1 atom stereocenters. The first-order valence-corrected chi connectivity index (χ1v) is 6.00. The van der Waals surface area contributed by atoms with E-state index in [4.69, 9.17) is 10.8 Å². The summed E-state index contributed by atoms with van der Waals surface area (Å²) in [4.78, 5) is 33.8. The number of aliphatic carboxylic acids is 1. The van der Waals surface area contributed by atoms with Crippen molar-refractivity contribution in [1.82, 2.24) is 5.32 Å². The number of carbonyl (C=O) groups excluding carboxylic acids is 2. The number of nitrogens with two attached hydrogens (primary N) is 1. The number of carbonyl (C=O) groups is 3. The number of halogens is 1. The van der Waals surface area contributed by atoms with Gasteiger partial charge in [0.2, 0.25) is 0 Å². The Balaban J connectivity index is 2.76. The highest BCUT2D eigenvalue weighted by Gasteiger charge is 2.23. The molecular formula is C13H15FN2O5. The van der Waals surface area contributed by atoms with Crippen LogP contribution in [0.5, 0.6) is 0 Å². The Kier molecular flexibility index (Phi) is 5.65. The van der Waals surface area contributed by atoms with E-state index in [2.05, 4.69) is 10.1 Å². The summed E-state index contributed by atoms with van der Waals surface area (Å²) in [5, 5.41) is 11.1. The summed E-state index contributed by atoms with van der Waals surface area (Å²) in [7, 11) is 1.17. The fraction of sp³-hybridized carbons (Fsp3) is 0.308. The molecule has 0 saturated carbocycles. The minimum absolute atomic E-state index is 0.143. The second kappa shape index (κ2) is 7.22. The number of amides is 1. The van der Waals surface area contributed by atoms with Gasteiger partial charge in [-0.05, 0) is 24.6 Å². The van der Waals surface area contributed by atoms with Crippen molar-refractivity contribution in [3.05, 3.63) is 29.6 Å². The summed E-state index contributed by atoms with van der Waals surface area (Å²) in [6.07, 6.45) is -0.345. The lowest BCUT2D eigenvalue weighted by Gasteiger charge is -2.14. The van der Waals surface area contributed by atoms with Gasteiger partial charge in [-0.15, -0.1) is 0 Å². The second-order valence-electron chi connectivity index (χ2n) is 4.22. The maximum absolute atomic E-state index is 13.6. The minimum atomic E-state index is -1.33. The average molecular weight is 298 g/mol. The van der Waals surface area contributed by atoms with E-state index in [0.29, 0.717) is 0 Å². The summed E-state index contributed by atoms with van der Waals surface area (Å²) >= 11 is 0. The van der Waals surface area contributed by atoms with E-state index in [9.17, 15) is 18.8 Å². The molecule has 1 amide bonds. The molecule has 0 fully saturated rings. The van der Waals surface area contributed by atoms with Crippen LogP contribution in [-0.4, -0.2) is 36.1 Å². The zero-order valence-corrected chi connectivity index (χ0v) is 11.3. The monoisotopic (exact) mass is 298 g/mol. The Labute approximate surface area is 119 Å². The Morgan fingerprint density at radius 3 is 2.62 bits per heavy atom. The van der Waals surface area contributed by atoms with E-state index in [-0.39, 0.29) is 24.1 Å². The number of carboxylic acid groups (broad SMARTS) is 1. The molecular weight excluding hydrogens is 283 g/mol. The standard InChI is InChI=1S/C13H15FN2O5/c1-21-11(17)5-4-10(13(19)20)16-12(18)8-3-2-7(15)6-9(8)14/h2-3,6,10H,4-5,15H2,1H3,(H,16,18)(H,19,20). The van der Waals surface area contributed by atoms with Crippen molar-refractivity contribution >= 4 is 23.5 Å². The van der Waals surface area contributed by atoms with Crippen LogP contribution in [0.25, 0.3) is 0 Å². The van der Waals surface area contributed by atoms with Crippen molar-refractivity contribution in [1.29, 1.82) is 0 Å². The third-order valence-electron chi connectivity index (χ3n) is 2.71. The van der Waals surface area contributed by atoms with E-state index in [1.807, 2.05) is 0 Å². The van der Waals surface area contributed by atoms with E-state index >= 15 is 0 Å². The summed E-state index contributed by atoms with van der Waals surface area (Å²) in [5.74, 6) is -3.69. The van der Waals surface area contributed by atoms with Gasteiger partial charge < -0.3 is 20.9 Å². The second-order valence-corrected chi connectivity index (χ2v) is 4.22. The van der Waals surface area contributed by atoms with Crippen molar-refractivity contribution in [2.24, 2.45) is 0 Å². The Morgan fingerprint density at radius 1 is 1.43 bits per heavy atom. The molecule has 114 valence electrons. The molecule has 1 aromatic rings. The predicted molar refractivity (Wildman–Crippen MR) is 71.0 cm³/mol. The number of esters is 1. The molecule has 0 spiro atoms.